The van der Waals surface area contributed by atoms with Crippen molar-refractivity contribution in [2.75, 3.05) is 25.6 Å². The van der Waals surface area contributed by atoms with Gasteiger partial charge in [0.1, 0.15) is 12.4 Å². The van der Waals surface area contributed by atoms with Crippen molar-refractivity contribution in [3.63, 3.8) is 0 Å². The van der Waals surface area contributed by atoms with Crippen LogP contribution < -0.4 is 10.1 Å². The van der Waals surface area contributed by atoms with E-state index in [-0.39, 0.29) is 18.2 Å². The van der Waals surface area contributed by atoms with E-state index in [0.29, 0.717) is 29.4 Å². The molecule has 0 saturated heterocycles. The number of nitrogens with one attached hydrogen (secondary N) is 1. The van der Waals surface area contributed by atoms with E-state index in [1.807, 2.05) is 0 Å². The zero-order valence-electron chi connectivity index (χ0n) is 18.9. The van der Waals surface area contributed by atoms with Crippen LogP contribution >= 0.6 is 0 Å². The second-order valence-corrected chi connectivity index (χ2v) is 7.55. The zero-order chi connectivity index (χ0) is 25.7. The first kappa shape index (κ1) is 24.9. The summed E-state index contributed by atoms with van der Waals surface area (Å²) in [5.41, 5.74) is 0.850. The molecule has 0 saturated carbocycles. The summed E-state index contributed by atoms with van der Waals surface area (Å²) in [6.45, 7) is 0.575. The number of alkyl halides is 3. The van der Waals surface area contributed by atoms with E-state index in [1.54, 1.807) is 36.4 Å². The van der Waals surface area contributed by atoms with Crippen molar-refractivity contribution >= 4 is 11.6 Å². The van der Waals surface area contributed by atoms with Crippen molar-refractivity contribution in [2.45, 2.75) is 6.18 Å². The summed E-state index contributed by atoms with van der Waals surface area (Å²) in [6.07, 6.45) is -4.48. The lowest BCUT2D eigenvalue weighted by molar-refractivity contribution is -0.137. The molecule has 0 atom stereocenters. The van der Waals surface area contributed by atoms with Crippen molar-refractivity contribution in [3.05, 3.63) is 89.7 Å². The fourth-order valence-electron chi connectivity index (χ4n) is 3.24. The Bertz CT molecular complexity index is 1320. The third-order valence-electron chi connectivity index (χ3n) is 5.05. The van der Waals surface area contributed by atoms with Crippen LogP contribution in [0.4, 0.5) is 23.2 Å². The minimum atomic E-state index is -4.48. The molecule has 0 fully saturated rings. The smallest absolute Gasteiger partial charge is 0.416 e. The number of methoxy groups -OCH3 is 1. The summed E-state index contributed by atoms with van der Waals surface area (Å²) >= 11 is 0. The van der Waals surface area contributed by atoms with Crippen molar-refractivity contribution in [2.24, 2.45) is 0 Å². The molecular weight excluding hydrogens is 480 g/mol. The molecule has 1 heterocycles. The zero-order valence-corrected chi connectivity index (χ0v) is 18.9. The van der Waals surface area contributed by atoms with Gasteiger partial charge in [0.15, 0.2) is 5.82 Å². The minimum Gasteiger partial charge on any atom is -0.460 e. The van der Waals surface area contributed by atoms with E-state index in [4.69, 9.17) is 9.47 Å². The van der Waals surface area contributed by atoms with Gasteiger partial charge in [0.2, 0.25) is 0 Å². The molecule has 0 bridgehead atoms. The first-order valence-corrected chi connectivity index (χ1v) is 10.7. The normalized spacial score (nSPS) is 11.4. The topological polar surface area (TPSA) is 78.3 Å². The lowest BCUT2D eigenvalue weighted by Gasteiger charge is -2.10. The maximum atomic E-state index is 13.4. The van der Waals surface area contributed by atoms with E-state index in [2.05, 4.69) is 15.4 Å². The minimum absolute atomic E-state index is 0.0831. The van der Waals surface area contributed by atoms with Gasteiger partial charge < -0.3 is 14.8 Å². The van der Waals surface area contributed by atoms with E-state index in [0.717, 1.165) is 24.3 Å². The predicted molar refractivity (Wildman–Crippen MR) is 124 cm³/mol. The Labute approximate surface area is 203 Å². The number of hydrogen-bond donors (Lipinski definition) is 1. The number of carbonyl (C=O) groups excluding carboxylic acids is 1. The van der Waals surface area contributed by atoms with Crippen molar-refractivity contribution < 1.29 is 31.8 Å². The summed E-state index contributed by atoms with van der Waals surface area (Å²) in [5, 5.41) is 7.01. The van der Waals surface area contributed by atoms with Gasteiger partial charge in [-0.2, -0.15) is 18.2 Å². The van der Waals surface area contributed by atoms with Gasteiger partial charge in [0, 0.05) is 23.9 Å². The third-order valence-corrected chi connectivity index (χ3v) is 5.05. The number of nitrogens with zero attached hydrogens (tertiary/aromatic N) is 3. The van der Waals surface area contributed by atoms with Crippen molar-refractivity contribution in [1.82, 2.24) is 14.8 Å². The highest BCUT2D eigenvalue weighted by Gasteiger charge is 2.30. The SMILES string of the molecule is COCCOc1nc(-c2ccc(F)cc2)n(-c2ccc(NC(=O)c3ccc(C(F)(F)F)cc3)cc2)n1. The van der Waals surface area contributed by atoms with E-state index in [9.17, 15) is 22.4 Å². The fourth-order valence-corrected chi connectivity index (χ4v) is 3.24. The van der Waals surface area contributed by atoms with Gasteiger partial charge >= 0.3 is 12.2 Å². The highest BCUT2D eigenvalue weighted by atomic mass is 19.4. The average molecular weight is 500 g/mol. The van der Waals surface area contributed by atoms with Gasteiger partial charge in [-0.3, -0.25) is 4.79 Å². The molecule has 0 aliphatic heterocycles. The van der Waals surface area contributed by atoms with Gasteiger partial charge in [0.25, 0.3) is 5.91 Å². The van der Waals surface area contributed by atoms with Gasteiger partial charge in [-0.15, -0.1) is 5.10 Å². The van der Waals surface area contributed by atoms with Crippen LogP contribution in [0.2, 0.25) is 0 Å². The molecular formula is C25H20F4N4O3. The van der Waals surface area contributed by atoms with Crippen LogP contribution in [0, 0.1) is 5.82 Å². The number of rotatable bonds is 8. The molecule has 1 N–H and O–H groups in total. The number of anilines is 1. The highest BCUT2D eigenvalue weighted by molar-refractivity contribution is 6.04. The molecule has 4 aromatic rings. The van der Waals surface area contributed by atoms with Gasteiger partial charge in [-0.05, 0) is 72.8 Å². The Morgan fingerprint density at radius 3 is 2.22 bits per heavy atom. The number of benzene rings is 3. The second kappa shape index (κ2) is 10.6. The molecule has 0 spiro atoms. The Morgan fingerprint density at radius 2 is 1.61 bits per heavy atom. The average Bonchev–Trinajstić information content (AvgIpc) is 3.29. The van der Waals surface area contributed by atoms with E-state index in [1.165, 1.54) is 23.9 Å². The summed E-state index contributed by atoms with van der Waals surface area (Å²) in [7, 11) is 1.54. The van der Waals surface area contributed by atoms with Crippen LogP contribution in [-0.4, -0.2) is 41.0 Å². The number of halogens is 4. The number of ether oxygens (including phenoxy) is 2. The molecule has 0 aliphatic carbocycles. The molecule has 1 aromatic heterocycles. The Kier molecular flexibility index (Phi) is 7.30. The standard InChI is InChI=1S/C25H20F4N4O3/c1-35-14-15-36-24-31-22(16-4-8-19(26)9-5-16)33(32-24)21-12-10-20(11-13-21)30-23(34)17-2-6-18(7-3-17)25(27,28)29/h2-13H,14-15H2,1H3,(H,30,34). The Hall–Kier alpha value is -4.25. The first-order valence-electron chi connectivity index (χ1n) is 10.7. The van der Waals surface area contributed by atoms with Crippen LogP contribution in [-0.2, 0) is 10.9 Å². The van der Waals surface area contributed by atoms with Crippen LogP contribution in [0.25, 0.3) is 17.1 Å². The van der Waals surface area contributed by atoms with Crippen LogP contribution in [0.15, 0.2) is 72.8 Å². The number of amides is 1. The molecule has 0 unspecified atom stereocenters. The monoisotopic (exact) mass is 500 g/mol. The number of aromatic nitrogens is 3. The predicted octanol–water partition coefficient (Wildman–Crippen LogP) is 5.37. The molecule has 4 rings (SSSR count). The fraction of sp³-hybridized carbons (Fsp3) is 0.160. The maximum absolute atomic E-state index is 13.4. The molecule has 1 amide bonds. The van der Waals surface area contributed by atoms with Crippen LogP contribution in [0.1, 0.15) is 15.9 Å². The lowest BCUT2D eigenvalue weighted by atomic mass is 10.1. The second-order valence-electron chi connectivity index (χ2n) is 7.55. The molecule has 0 aliphatic rings. The van der Waals surface area contributed by atoms with Crippen LogP contribution in [0.3, 0.4) is 0 Å². The Balaban J connectivity index is 1.55. The summed E-state index contributed by atoms with van der Waals surface area (Å²) in [5.74, 6) is -0.545. The number of hydrogen-bond acceptors (Lipinski definition) is 5. The molecule has 3 aromatic carbocycles. The first-order chi connectivity index (χ1) is 17.2. The summed E-state index contributed by atoms with van der Waals surface area (Å²) in [4.78, 5) is 16.8. The van der Waals surface area contributed by atoms with Gasteiger partial charge in [-0.25, -0.2) is 9.07 Å². The van der Waals surface area contributed by atoms with Crippen molar-refractivity contribution in [3.8, 4) is 23.1 Å². The molecule has 7 nitrogen and oxygen atoms in total. The van der Waals surface area contributed by atoms with Crippen molar-refractivity contribution in [1.29, 1.82) is 0 Å². The highest BCUT2D eigenvalue weighted by Crippen LogP contribution is 2.29. The van der Waals surface area contributed by atoms with E-state index >= 15 is 0 Å². The quantitative estimate of drug-likeness (QED) is 0.260. The molecule has 0 radical (unpaired) electrons. The maximum Gasteiger partial charge on any atom is 0.416 e. The lowest BCUT2D eigenvalue weighted by Crippen LogP contribution is -2.13. The van der Waals surface area contributed by atoms with E-state index < -0.39 is 23.5 Å². The summed E-state index contributed by atoms with van der Waals surface area (Å²) in [6, 6.07) is 16.3. The van der Waals surface area contributed by atoms with Gasteiger partial charge in [-0.1, -0.05) is 0 Å². The molecule has 186 valence electrons. The van der Waals surface area contributed by atoms with Crippen LogP contribution in [0.5, 0.6) is 6.01 Å². The Morgan fingerprint density at radius 1 is 0.944 bits per heavy atom. The van der Waals surface area contributed by atoms with Gasteiger partial charge in [0.05, 0.1) is 17.9 Å². The summed E-state index contributed by atoms with van der Waals surface area (Å²) < 4.78 is 63.6. The largest absolute Gasteiger partial charge is 0.460 e. The third kappa shape index (κ3) is 5.87. The molecule has 11 heteroatoms. The molecule has 36 heavy (non-hydrogen) atoms. The number of carbonyl (C=O) groups is 1.